The van der Waals surface area contributed by atoms with E-state index in [1.165, 1.54) is 11.5 Å². The van der Waals surface area contributed by atoms with E-state index in [4.69, 9.17) is 18.9 Å². The number of hydrogen-bond donors (Lipinski definition) is 1. The highest BCUT2D eigenvalue weighted by atomic mass is 32.1. The lowest BCUT2D eigenvalue weighted by molar-refractivity contribution is -0.121. The van der Waals surface area contributed by atoms with Crippen LogP contribution in [0.25, 0.3) is 0 Å². The van der Waals surface area contributed by atoms with Gasteiger partial charge >= 0.3 is 0 Å². The molecule has 0 atom stereocenters. The predicted molar refractivity (Wildman–Crippen MR) is 128 cm³/mol. The lowest BCUT2D eigenvalue weighted by Crippen LogP contribution is -2.30. The fraction of sp³-hybridized carbons (Fsp3) is 0.240. The van der Waals surface area contributed by atoms with E-state index >= 15 is 0 Å². The van der Waals surface area contributed by atoms with Crippen molar-refractivity contribution in [3.05, 3.63) is 89.6 Å². The molecule has 4 aromatic rings. The maximum atomic E-state index is 12.6. The normalized spacial score (nSPS) is 12.0. The molecule has 0 unspecified atom stereocenters. The minimum atomic E-state index is -0.0452. The van der Waals surface area contributed by atoms with Gasteiger partial charge in [0.2, 0.25) is 17.8 Å². The van der Waals surface area contributed by atoms with Gasteiger partial charge in [-0.1, -0.05) is 36.4 Å². The van der Waals surface area contributed by atoms with Crippen LogP contribution in [0.3, 0.4) is 0 Å². The third kappa shape index (κ3) is 5.55. The summed E-state index contributed by atoms with van der Waals surface area (Å²) in [6.07, 6.45) is 2.63. The molecule has 2 aromatic heterocycles. The standard InChI is InChI=1S/C25H24N4O4S/c30-24(26-15-19-8-9-21-22(13-19)33-17-32-21)10-11-29(16-20-7-4-12-31-20)25-27-23(28-34-25)14-18-5-2-1-3-6-18/h1-9,12-13H,10-11,14-17H2,(H,26,30). The molecule has 0 radical (unpaired) electrons. The molecule has 1 aliphatic heterocycles. The van der Waals surface area contributed by atoms with Crippen LogP contribution in [-0.4, -0.2) is 28.6 Å². The van der Waals surface area contributed by atoms with Gasteiger partial charge in [-0.25, -0.2) is 4.98 Å². The van der Waals surface area contributed by atoms with Gasteiger partial charge < -0.3 is 24.1 Å². The summed E-state index contributed by atoms with van der Waals surface area (Å²) in [4.78, 5) is 19.3. The van der Waals surface area contributed by atoms with E-state index in [1.807, 2.05) is 53.4 Å². The summed E-state index contributed by atoms with van der Waals surface area (Å²) in [6, 6.07) is 19.6. The Labute approximate surface area is 201 Å². The molecule has 0 saturated heterocycles. The van der Waals surface area contributed by atoms with E-state index in [0.29, 0.717) is 38.2 Å². The Balaban J connectivity index is 1.19. The number of fused-ring (bicyclic) bond motifs is 1. The molecule has 3 heterocycles. The molecule has 1 aliphatic rings. The molecule has 174 valence electrons. The average Bonchev–Trinajstić information content (AvgIpc) is 3.63. The summed E-state index contributed by atoms with van der Waals surface area (Å²) >= 11 is 1.34. The molecule has 1 N–H and O–H groups in total. The van der Waals surface area contributed by atoms with E-state index in [0.717, 1.165) is 33.6 Å². The van der Waals surface area contributed by atoms with Gasteiger partial charge in [-0.15, -0.1) is 0 Å². The zero-order valence-electron chi connectivity index (χ0n) is 18.5. The first-order chi connectivity index (χ1) is 16.7. The van der Waals surface area contributed by atoms with E-state index < -0.39 is 0 Å². The molecule has 34 heavy (non-hydrogen) atoms. The fourth-order valence-corrected chi connectivity index (χ4v) is 4.34. The number of anilines is 1. The molecular formula is C25H24N4O4S. The lowest BCUT2D eigenvalue weighted by atomic mass is 10.1. The van der Waals surface area contributed by atoms with E-state index in [9.17, 15) is 4.79 Å². The first-order valence-electron chi connectivity index (χ1n) is 11.0. The zero-order chi connectivity index (χ0) is 23.2. The second-order valence-electron chi connectivity index (χ2n) is 7.87. The summed E-state index contributed by atoms with van der Waals surface area (Å²) < 4.78 is 20.8. The highest BCUT2D eigenvalue weighted by Crippen LogP contribution is 2.32. The topological polar surface area (TPSA) is 89.7 Å². The number of carbonyl (C=O) groups excluding carboxylic acids is 1. The molecule has 0 saturated carbocycles. The monoisotopic (exact) mass is 476 g/mol. The molecule has 0 fully saturated rings. The van der Waals surface area contributed by atoms with E-state index in [-0.39, 0.29) is 12.7 Å². The van der Waals surface area contributed by atoms with Crippen LogP contribution in [0.5, 0.6) is 11.5 Å². The Morgan fingerprint density at radius 3 is 2.76 bits per heavy atom. The fourth-order valence-electron chi connectivity index (χ4n) is 3.63. The molecule has 5 rings (SSSR count). The molecule has 0 spiro atoms. The SMILES string of the molecule is O=C(CCN(Cc1ccco1)c1nc(Cc2ccccc2)ns1)NCc1ccc2c(c1)OCO2. The number of ether oxygens (including phenoxy) is 2. The van der Waals surface area contributed by atoms with E-state index in [2.05, 4.69) is 21.8 Å². The zero-order valence-corrected chi connectivity index (χ0v) is 19.3. The lowest BCUT2D eigenvalue weighted by Gasteiger charge is -2.20. The highest BCUT2D eigenvalue weighted by Gasteiger charge is 2.17. The highest BCUT2D eigenvalue weighted by molar-refractivity contribution is 7.09. The molecule has 0 aliphatic carbocycles. The Morgan fingerprint density at radius 1 is 1.03 bits per heavy atom. The quantitative estimate of drug-likeness (QED) is 0.368. The van der Waals surface area contributed by atoms with Crippen molar-refractivity contribution in [1.82, 2.24) is 14.7 Å². The Hall–Kier alpha value is -3.85. The minimum absolute atomic E-state index is 0.0452. The Bertz CT molecular complexity index is 1230. The number of aromatic nitrogens is 2. The second-order valence-corrected chi connectivity index (χ2v) is 8.60. The van der Waals surface area contributed by atoms with Crippen molar-refractivity contribution >= 4 is 22.6 Å². The summed E-state index contributed by atoms with van der Waals surface area (Å²) in [5.74, 6) is 2.96. The van der Waals surface area contributed by atoms with Crippen LogP contribution in [0.2, 0.25) is 0 Å². The average molecular weight is 477 g/mol. The number of hydrogen-bond acceptors (Lipinski definition) is 8. The number of carbonyl (C=O) groups is 1. The first-order valence-corrected chi connectivity index (χ1v) is 11.8. The van der Waals surface area contributed by atoms with Crippen LogP contribution >= 0.6 is 11.5 Å². The summed E-state index contributed by atoms with van der Waals surface area (Å²) in [5, 5.41) is 3.75. The van der Waals surface area contributed by atoms with Crippen molar-refractivity contribution in [3.8, 4) is 11.5 Å². The van der Waals surface area contributed by atoms with Crippen LogP contribution in [0.15, 0.2) is 71.3 Å². The van der Waals surface area contributed by atoms with Crippen molar-refractivity contribution in [2.45, 2.75) is 25.9 Å². The maximum Gasteiger partial charge on any atom is 0.231 e. The van der Waals surface area contributed by atoms with Crippen molar-refractivity contribution in [2.75, 3.05) is 18.2 Å². The van der Waals surface area contributed by atoms with Crippen molar-refractivity contribution in [3.63, 3.8) is 0 Å². The summed E-state index contributed by atoms with van der Waals surface area (Å²) in [5.41, 5.74) is 2.12. The third-order valence-corrected chi connectivity index (χ3v) is 6.21. The first kappa shape index (κ1) is 22.0. The number of furan rings is 1. The van der Waals surface area contributed by atoms with Crippen LogP contribution in [-0.2, 0) is 24.3 Å². The van der Waals surface area contributed by atoms with Gasteiger partial charge in [-0.2, -0.15) is 4.37 Å². The van der Waals surface area contributed by atoms with Crippen molar-refractivity contribution < 1.29 is 18.7 Å². The van der Waals surface area contributed by atoms with Gasteiger partial charge in [0.25, 0.3) is 0 Å². The van der Waals surface area contributed by atoms with Crippen molar-refractivity contribution in [1.29, 1.82) is 0 Å². The van der Waals surface area contributed by atoms with E-state index in [1.54, 1.807) is 6.26 Å². The maximum absolute atomic E-state index is 12.6. The van der Waals surface area contributed by atoms with Crippen LogP contribution in [0.1, 0.15) is 29.1 Å². The number of rotatable bonds is 10. The Morgan fingerprint density at radius 2 is 1.91 bits per heavy atom. The predicted octanol–water partition coefficient (Wildman–Crippen LogP) is 4.16. The van der Waals surface area contributed by atoms with Gasteiger partial charge in [-0.3, -0.25) is 4.79 Å². The summed E-state index contributed by atoms with van der Waals surface area (Å²) in [6.45, 7) is 1.67. The molecule has 9 heteroatoms. The van der Waals surface area contributed by atoms with Gasteiger partial charge in [0.05, 0.1) is 12.8 Å². The number of nitrogens with zero attached hydrogens (tertiary/aromatic N) is 3. The van der Waals surface area contributed by atoms with Gasteiger partial charge in [0.1, 0.15) is 11.6 Å². The van der Waals surface area contributed by atoms with Crippen LogP contribution < -0.4 is 19.7 Å². The second kappa shape index (κ2) is 10.4. The number of benzene rings is 2. The van der Waals surface area contributed by atoms with Gasteiger partial charge in [0.15, 0.2) is 11.5 Å². The Kier molecular flexibility index (Phi) is 6.71. The molecule has 2 aromatic carbocycles. The number of amides is 1. The summed E-state index contributed by atoms with van der Waals surface area (Å²) in [7, 11) is 0. The van der Waals surface area contributed by atoms with Crippen LogP contribution in [0.4, 0.5) is 5.13 Å². The largest absolute Gasteiger partial charge is 0.467 e. The van der Waals surface area contributed by atoms with Gasteiger partial charge in [0, 0.05) is 37.5 Å². The number of nitrogens with one attached hydrogen (secondary N) is 1. The van der Waals surface area contributed by atoms with Crippen LogP contribution in [0, 0.1) is 0 Å². The molecule has 1 amide bonds. The minimum Gasteiger partial charge on any atom is -0.467 e. The molecule has 0 bridgehead atoms. The smallest absolute Gasteiger partial charge is 0.231 e. The van der Waals surface area contributed by atoms with Crippen molar-refractivity contribution in [2.24, 2.45) is 0 Å². The molecular weight excluding hydrogens is 452 g/mol. The third-order valence-electron chi connectivity index (χ3n) is 5.40. The van der Waals surface area contributed by atoms with Gasteiger partial charge in [-0.05, 0) is 35.4 Å². The molecule has 8 nitrogen and oxygen atoms in total.